The smallest absolute Gasteiger partial charge is 0.339 e. The topological polar surface area (TPSA) is 74.3 Å². The second-order valence-electron chi connectivity index (χ2n) is 2.15. The fourth-order valence-electron chi connectivity index (χ4n) is 0.742. The Morgan fingerprint density at radius 1 is 1.58 bits per heavy atom. The third-order valence-electron chi connectivity index (χ3n) is 1.36. The lowest BCUT2D eigenvalue weighted by molar-refractivity contribution is 0.0600. The van der Waals surface area contributed by atoms with Gasteiger partial charge in [0.2, 0.25) is 0 Å². The fraction of sp³-hybridized carbons (Fsp3) is 0.143. The summed E-state index contributed by atoms with van der Waals surface area (Å²) in [5.41, 5.74) is -0.123. The molecule has 0 radical (unpaired) electrons. The molecule has 0 atom stereocenters. The number of carbonyl (C=O) groups excluding carboxylic acids is 1. The van der Waals surface area contributed by atoms with Crippen LogP contribution >= 0.6 is 0 Å². The average molecular weight is 168 g/mol. The number of ether oxygens (including phenoxy) is 1. The van der Waals surface area contributed by atoms with Crippen LogP contribution in [0.1, 0.15) is 10.4 Å². The Hall–Kier alpha value is -1.78. The van der Waals surface area contributed by atoms with E-state index < -0.39 is 5.97 Å². The molecular weight excluding hydrogens is 160 g/mol. The standard InChI is InChI=1S/C7H8N2O3/c1-12-7(11)5-2-3-6(10)9(8)4-5/h2-4H,8H2,1H3. The highest BCUT2D eigenvalue weighted by molar-refractivity contribution is 5.88. The van der Waals surface area contributed by atoms with Crippen LogP contribution in [0.25, 0.3) is 0 Å². The SMILES string of the molecule is COC(=O)c1ccc(=O)n(N)c1. The van der Waals surface area contributed by atoms with Crippen molar-refractivity contribution < 1.29 is 9.53 Å². The molecule has 0 fully saturated rings. The summed E-state index contributed by atoms with van der Waals surface area (Å²) in [5, 5.41) is 0. The molecule has 0 aliphatic rings. The molecule has 0 aliphatic carbocycles. The molecule has 0 amide bonds. The van der Waals surface area contributed by atoms with E-state index >= 15 is 0 Å². The summed E-state index contributed by atoms with van der Waals surface area (Å²) in [5.74, 6) is 4.69. The van der Waals surface area contributed by atoms with Gasteiger partial charge < -0.3 is 10.6 Å². The van der Waals surface area contributed by atoms with Gasteiger partial charge in [0.25, 0.3) is 5.56 Å². The number of nitrogen functional groups attached to an aromatic ring is 1. The molecule has 0 saturated carbocycles. The van der Waals surface area contributed by atoms with Crippen molar-refractivity contribution in [1.29, 1.82) is 0 Å². The number of nitrogens with zero attached hydrogens (tertiary/aromatic N) is 1. The molecule has 0 aromatic carbocycles. The first-order valence-corrected chi connectivity index (χ1v) is 3.21. The summed E-state index contributed by atoms with van der Waals surface area (Å²) in [6.07, 6.45) is 1.22. The van der Waals surface area contributed by atoms with Crippen LogP contribution in [-0.2, 0) is 4.74 Å². The van der Waals surface area contributed by atoms with Gasteiger partial charge in [-0.1, -0.05) is 0 Å². The highest BCUT2D eigenvalue weighted by Gasteiger charge is 2.05. The van der Waals surface area contributed by atoms with E-state index in [2.05, 4.69) is 4.74 Å². The first-order valence-electron chi connectivity index (χ1n) is 3.21. The summed E-state index contributed by atoms with van der Waals surface area (Å²) in [6, 6.07) is 2.56. The summed E-state index contributed by atoms with van der Waals surface area (Å²) in [4.78, 5) is 21.7. The molecule has 0 saturated heterocycles. The van der Waals surface area contributed by atoms with Crippen LogP contribution < -0.4 is 11.4 Å². The molecule has 2 N–H and O–H groups in total. The highest BCUT2D eigenvalue weighted by Crippen LogP contribution is 1.95. The fourth-order valence-corrected chi connectivity index (χ4v) is 0.742. The molecule has 1 rings (SSSR count). The third-order valence-corrected chi connectivity index (χ3v) is 1.36. The van der Waals surface area contributed by atoms with Gasteiger partial charge in [0.05, 0.1) is 12.7 Å². The molecule has 64 valence electrons. The predicted molar refractivity (Wildman–Crippen MR) is 42.2 cm³/mol. The van der Waals surface area contributed by atoms with E-state index in [1.54, 1.807) is 0 Å². The molecule has 1 aromatic heterocycles. The van der Waals surface area contributed by atoms with Gasteiger partial charge in [-0.3, -0.25) is 4.79 Å². The average Bonchev–Trinajstić information content (AvgIpc) is 2.08. The van der Waals surface area contributed by atoms with Crippen LogP contribution in [0, 0.1) is 0 Å². The van der Waals surface area contributed by atoms with Gasteiger partial charge >= 0.3 is 5.97 Å². The van der Waals surface area contributed by atoms with Crippen molar-refractivity contribution in [2.45, 2.75) is 0 Å². The van der Waals surface area contributed by atoms with Gasteiger partial charge in [-0.15, -0.1) is 0 Å². The molecule has 0 bridgehead atoms. The Kier molecular flexibility index (Phi) is 2.14. The van der Waals surface area contributed by atoms with Gasteiger partial charge in [-0.2, -0.15) is 0 Å². The molecule has 5 nitrogen and oxygen atoms in total. The number of hydrogen-bond donors (Lipinski definition) is 1. The number of methoxy groups -OCH3 is 1. The second kappa shape index (κ2) is 3.08. The zero-order valence-electron chi connectivity index (χ0n) is 6.48. The van der Waals surface area contributed by atoms with E-state index in [0.29, 0.717) is 0 Å². The largest absolute Gasteiger partial charge is 0.465 e. The van der Waals surface area contributed by atoms with E-state index in [9.17, 15) is 9.59 Å². The lowest BCUT2D eigenvalue weighted by atomic mass is 10.3. The molecule has 0 spiro atoms. The number of esters is 1. The summed E-state index contributed by atoms with van der Waals surface area (Å²) in [6.45, 7) is 0. The Morgan fingerprint density at radius 3 is 2.75 bits per heavy atom. The van der Waals surface area contributed by atoms with Crippen molar-refractivity contribution in [1.82, 2.24) is 4.68 Å². The molecule has 1 aromatic rings. The van der Waals surface area contributed by atoms with Gasteiger partial charge in [-0.05, 0) is 6.07 Å². The van der Waals surface area contributed by atoms with Crippen LogP contribution in [0.5, 0.6) is 0 Å². The maximum absolute atomic E-state index is 10.9. The van der Waals surface area contributed by atoms with Gasteiger partial charge in [0.1, 0.15) is 0 Å². The Morgan fingerprint density at radius 2 is 2.25 bits per heavy atom. The van der Waals surface area contributed by atoms with Gasteiger partial charge in [0, 0.05) is 12.3 Å². The number of rotatable bonds is 1. The van der Waals surface area contributed by atoms with E-state index in [1.807, 2.05) is 0 Å². The number of hydrogen-bond acceptors (Lipinski definition) is 4. The number of carbonyl (C=O) groups is 1. The van der Waals surface area contributed by atoms with Crippen LogP contribution in [-0.4, -0.2) is 17.8 Å². The Bertz CT molecular complexity index is 356. The minimum absolute atomic E-state index is 0.250. The number of aromatic nitrogens is 1. The van der Waals surface area contributed by atoms with Gasteiger partial charge in [0.15, 0.2) is 0 Å². The number of nitrogens with two attached hydrogens (primary N) is 1. The van der Waals surface area contributed by atoms with E-state index in [-0.39, 0.29) is 11.1 Å². The monoisotopic (exact) mass is 168 g/mol. The Labute approximate surface area is 68.3 Å². The minimum Gasteiger partial charge on any atom is -0.465 e. The lowest BCUT2D eigenvalue weighted by Crippen LogP contribution is -2.26. The summed E-state index contributed by atoms with van der Waals surface area (Å²) in [7, 11) is 1.26. The van der Waals surface area contributed by atoms with Gasteiger partial charge in [-0.25, -0.2) is 9.47 Å². The van der Waals surface area contributed by atoms with Crippen LogP contribution in [0.2, 0.25) is 0 Å². The highest BCUT2D eigenvalue weighted by atomic mass is 16.5. The molecule has 0 aliphatic heterocycles. The molecule has 0 unspecified atom stereocenters. The van der Waals surface area contributed by atoms with Crippen molar-refractivity contribution in [3.63, 3.8) is 0 Å². The van der Waals surface area contributed by atoms with Crippen molar-refractivity contribution in [2.75, 3.05) is 13.0 Å². The summed E-state index contributed by atoms with van der Waals surface area (Å²) >= 11 is 0. The Balaban J connectivity index is 3.13. The summed E-state index contributed by atoms with van der Waals surface area (Å²) < 4.78 is 5.25. The van der Waals surface area contributed by atoms with E-state index in [0.717, 1.165) is 4.68 Å². The minimum atomic E-state index is -0.519. The van der Waals surface area contributed by atoms with Crippen LogP contribution in [0.4, 0.5) is 0 Å². The molecule has 5 heteroatoms. The molecular formula is C7H8N2O3. The maximum atomic E-state index is 10.9. The molecule has 12 heavy (non-hydrogen) atoms. The first kappa shape index (κ1) is 8.32. The normalized spacial score (nSPS) is 9.42. The quantitative estimate of drug-likeness (QED) is 0.446. The second-order valence-corrected chi connectivity index (χ2v) is 2.15. The first-order chi connectivity index (χ1) is 5.65. The van der Waals surface area contributed by atoms with Crippen molar-refractivity contribution >= 4 is 5.97 Å². The zero-order valence-corrected chi connectivity index (χ0v) is 6.48. The lowest BCUT2D eigenvalue weighted by Gasteiger charge is -2.00. The van der Waals surface area contributed by atoms with E-state index in [1.165, 1.54) is 25.4 Å². The van der Waals surface area contributed by atoms with Crippen molar-refractivity contribution in [3.05, 3.63) is 34.2 Å². The molecule has 1 heterocycles. The van der Waals surface area contributed by atoms with Crippen LogP contribution in [0.3, 0.4) is 0 Å². The van der Waals surface area contributed by atoms with Crippen molar-refractivity contribution in [3.8, 4) is 0 Å². The maximum Gasteiger partial charge on any atom is 0.339 e. The predicted octanol–water partition coefficient (Wildman–Crippen LogP) is -0.651. The van der Waals surface area contributed by atoms with E-state index in [4.69, 9.17) is 5.84 Å². The zero-order chi connectivity index (χ0) is 9.14. The van der Waals surface area contributed by atoms with Crippen molar-refractivity contribution in [2.24, 2.45) is 0 Å². The third kappa shape index (κ3) is 1.45. The number of pyridine rings is 1. The van der Waals surface area contributed by atoms with Crippen LogP contribution in [0.15, 0.2) is 23.1 Å².